The minimum Gasteiger partial charge on any atom is -0.381 e. The lowest BCUT2D eigenvalue weighted by Crippen LogP contribution is -2.43. The molecule has 2 rings (SSSR count). The Balaban J connectivity index is 1.74. The van der Waals surface area contributed by atoms with Gasteiger partial charge in [-0.3, -0.25) is 0 Å². The van der Waals surface area contributed by atoms with Crippen molar-refractivity contribution in [2.45, 2.75) is 25.7 Å². The van der Waals surface area contributed by atoms with Crippen LogP contribution in [-0.2, 0) is 9.53 Å². The SMILES string of the molecule is CN(CCN1CCCC1)CC1(C=O)CCOCC1. The van der Waals surface area contributed by atoms with E-state index in [1.54, 1.807) is 0 Å². The van der Waals surface area contributed by atoms with Crippen molar-refractivity contribution >= 4 is 6.29 Å². The minimum absolute atomic E-state index is 0.155. The summed E-state index contributed by atoms with van der Waals surface area (Å²) in [7, 11) is 2.14. The molecule has 0 bridgehead atoms. The average Bonchev–Trinajstić information content (AvgIpc) is 2.91. The van der Waals surface area contributed by atoms with E-state index in [0.29, 0.717) is 0 Å². The highest BCUT2D eigenvalue weighted by atomic mass is 16.5. The van der Waals surface area contributed by atoms with Gasteiger partial charge in [-0.2, -0.15) is 0 Å². The first-order chi connectivity index (χ1) is 8.74. The summed E-state index contributed by atoms with van der Waals surface area (Å²) in [5, 5.41) is 0. The second-order valence-electron chi connectivity index (χ2n) is 5.88. The first-order valence-corrected chi connectivity index (χ1v) is 7.19. The van der Waals surface area contributed by atoms with Crippen LogP contribution in [0.5, 0.6) is 0 Å². The average molecular weight is 254 g/mol. The zero-order valence-corrected chi connectivity index (χ0v) is 11.6. The maximum atomic E-state index is 11.4. The molecule has 0 aromatic heterocycles. The number of rotatable bonds is 6. The van der Waals surface area contributed by atoms with Gasteiger partial charge in [-0.05, 0) is 45.8 Å². The predicted molar refractivity (Wildman–Crippen MR) is 71.7 cm³/mol. The van der Waals surface area contributed by atoms with Crippen LogP contribution in [0.4, 0.5) is 0 Å². The van der Waals surface area contributed by atoms with E-state index in [4.69, 9.17) is 4.74 Å². The Morgan fingerprint density at radius 3 is 2.56 bits per heavy atom. The fourth-order valence-electron chi connectivity index (χ4n) is 3.03. The van der Waals surface area contributed by atoms with Gasteiger partial charge in [-0.15, -0.1) is 0 Å². The van der Waals surface area contributed by atoms with Gasteiger partial charge in [0.2, 0.25) is 0 Å². The Morgan fingerprint density at radius 1 is 1.28 bits per heavy atom. The maximum absolute atomic E-state index is 11.4. The largest absolute Gasteiger partial charge is 0.381 e. The van der Waals surface area contributed by atoms with E-state index < -0.39 is 0 Å². The van der Waals surface area contributed by atoms with E-state index in [1.807, 2.05) is 0 Å². The van der Waals surface area contributed by atoms with Gasteiger partial charge in [0.1, 0.15) is 6.29 Å². The van der Waals surface area contributed by atoms with E-state index in [1.165, 1.54) is 32.2 Å². The molecule has 0 spiro atoms. The fourth-order valence-corrected chi connectivity index (χ4v) is 3.03. The van der Waals surface area contributed by atoms with Gasteiger partial charge in [0.25, 0.3) is 0 Å². The number of hydrogen-bond donors (Lipinski definition) is 0. The number of carbonyl (C=O) groups excluding carboxylic acids is 1. The van der Waals surface area contributed by atoms with Crippen molar-refractivity contribution in [1.29, 1.82) is 0 Å². The molecular weight excluding hydrogens is 228 g/mol. The summed E-state index contributed by atoms with van der Waals surface area (Å²) in [6.07, 6.45) is 5.62. The lowest BCUT2D eigenvalue weighted by molar-refractivity contribution is -0.122. The minimum atomic E-state index is -0.155. The molecule has 0 N–H and O–H groups in total. The third kappa shape index (κ3) is 3.77. The Kier molecular flexibility index (Phi) is 5.15. The zero-order valence-electron chi connectivity index (χ0n) is 11.6. The van der Waals surface area contributed by atoms with Crippen LogP contribution in [-0.4, -0.2) is 69.1 Å². The molecule has 0 amide bonds. The molecule has 18 heavy (non-hydrogen) atoms. The van der Waals surface area contributed by atoms with Gasteiger partial charge in [0.15, 0.2) is 0 Å². The van der Waals surface area contributed by atoms with E-state index in [-0.39, 0.29) is 5.41 Å². The molecule has 2 aliphatic heterocycles. The maximum Gasteiger partial charge on any atom is 0.127 e. The molecule has 0 unspecified atom stereocenters. The van der Waals surface area contributed by atoms with Crippen molar-refractivity contribution in [3.63, 3.8) is 0 Å². The van der Waals surface area contributed by atoms with Crippen molar-refractivity contribution < 1.29 is 9.53 Å². The fraction of sp³-hybridized carbons (Fsp3) is 0.929. The smallest absolute Gasteiger partial charge is 0.127 e. The highest BCUT2D eigenvalue weighted by Gasteiger charge is 2.33. The lowest BCUT2D eigenvalue weighted by Gasteiger charge is -2.35. The lowest BCUT2D eigenvalue weighted by atomic mass is 9.81. The molecule has 2 fully saturated rings. The molecule has 2 aliphatic rings. The van der Waals surface area contributed by atoms with E-state index in [9.17, 15) is 4.79 Å². The summed E-state index contributed by atoms with van der Waals surface area (Å²) < 4.78 is 5.36. The van der Waals surface area contributed by atoms with Crippen molar-refractivity contribution in [3.8, 4) is 0 Å². The van der Waals surface area contributed by atoms with E-state index in [0.717, 1.165) is 45.7 Å². The molecule has 2 heterocycles. The van der Waals surface area contributed by atoms with Gasteiger partial charge in [0.05, 0.1) is 0 Å². The highest BCUT2D eigenvalue weighted by molar-refractivity contribution is 5.60. The van der Waals surface area contributed by atoms with Crippen LogP contribution in [0.25, 0.3) is 0 Å². The second kappa shape index (κ2) is 6.64. The summed E-state index contributed by atoms with van der Waals surface area (Å²) in [5.41, 5.74) is -0.155. The Bertz CT molecular complexity index is 259. The molecule has 4 heteroatoms. The Hall–Kier alpha value is -0.450. The second-order valence-corrected chi connectivity index (χ2v) is 5.88. The van der Waals surface area contributed by atoms with Crippen LogP contribution < -0.4 is 0 Å². The predicted octanol–water partition coefficient (Wildman–Crippen LogP) is 1.01. The number of hydrogen-bond acceptors (Lipinski definition) is 4. The van der Waals surface area contributed by atoms with Gasteiger partial charge in [-0.25, -0.2) is 0 Å². The van der Waals surface area contributed by atoms with Gasteiger partial charge >= 0.3 is 0 Å². The third-order valence-electron chi connectivity index (χ3n) is 4.32. The topological polar surface area (TPSA) is 32.8 Å². The Labute approximate surface area is 110 Å². The number of carbonyl (C=O) groups is 1. The highest BCUT2D eigenvalue weighted by Crippen LogP contribution is 2.28. The number of ether oxygens (including phenoxy) is 1. The molecular formula is C14H26N2O2. The van der Waals surface area contributed by atoms with Crippen molar-refractivity contribution in [2.75, 3.05) is 53.0 Å². The van der Waals surface area contributed by atoms with E-state index >= 15 is 0 Å². The quantitative estimate of drug-likeness (QED) is 0.662. The molecule has 0 saturated carbocycles. The number of aldehydes is 1. The summed E-state index contributed by atoms with van der Waals surface area (Å²) in [6, 6.07) is 0. The van der Waals surface area contributed by atoms with Crippen molar-refractivity contribution in [1.82, 2.24) is 9.80 Å². The Morgan fingerprint density at radius 2 is 1.94 bits per heavy atom. The van der Waals surface area contributed by atoms with Gasteiger partial charge in [-0.1, -0.05) is 0 Å². The molecule has 0 aromatic carbocycles. The van der Waals surface area contributed by atoms with Crippen LogP contribution in [0.3, 0.4) is 0 Å². The van der Waals surface area contributed by atoms with Crippen LogP contribution in [0.2, 0.25) is 0 Å². The molecule has 2 saturated heterocycles. The first kappa shape index (κ1) is 14.0. The number of likely N-dealkylation sites (N-methyl/N-ethyl adjacent to an activating group) is 1. The summed E-state index contributed by atoms with van der Waals surface area (Å²) in [6.45, 7) is 7.06. The van der Waals surface area contributed by atoms with Crippen molar-refractivity contribution in [2.24, 2.45) is 5.41 Å². The molecule has 0 radical (unpaired) electrons. The van der Waals surface area contributed by atoms with Crippen LogP contribution in [0, 0.1) is 5.41 Å². The summed E-state index contributed by atoms with van der Waals surface area (Å²) in [4.78, 5) is 16.2. The van der Waals surface area contributed by atoms with Crippen LogP contribution >= 0.6 is 0 Å². The third-order valence-corrected chi connectivity index (χ3v) is 4.32. The molecule has 0 atom stereocenters. The number of likely N-dealkylation sites (tertiary alicyclic amines) is 1. The monoisotopic (exact) mass is 254 g/mol. The molecule has 4 nitrogen and oxygen atoms in total. The summed E-state index contributed by atoms with van der Waals surface area (Å²) >= 11 is 0. The number of nitrogens with zero attached hydrogens (tertiary/aromatic N) is 2. The van der Waals surface area contributed by atoms with E-state index in [2.05, 4.69) is 16.8 Å². The molecule has 104 valence electrons. The normalized spacial score (nSPS) is 24.6. The molecule has 0 aliphatic carbocycles. The van der Waals surface area contributed by atoms with Gasteiger partial charge < -0.3 is 19.3 Å². The molecule has 0 aromatic rings. The summed E-state index contributed by atoms with van der Waals surface area (Å²) in [5.74, 6) is 0. The standard InChI is InChI=1S/C14H26N2O2/c1-15(8-9-16-6-2-3-7-16)12-14(13-17)4-10-18-11-5-14/h13H,2-12H2,1H3. The van der Waals surface area contributed by atoms with Crippen LogP contribution in [0.1, 0.15) is 25.7 Å². The van der Waals surface area contributed by atoms with Crippen LogP contribution in [0.15, 0.2) is 0 Å². The van der Waals surface area contributed by atoms with Crippen molar-refractivity contribution in [3.05, 3.63) is 0 Å². The van der Waals surface area contributed by atoms with Gasteiger partial charge in [0, 0.05) is 38.3 Å². The zero-order chi connectivity index (χ0) is 12.8. The first-order valence-electron chi connectivity index (χ1n) is 7.19.